The zero-order chi connectivity index (χ0) is 32.6. The third-order valence-electron chi connectivity index (χ3n) is 9.29. The number of hydrogen-bond acceptors (Lipinski definition) is 8. The predicted octanol–water partition coefficient (Wildman–Crippen LogP) is 6.54. The van der Waals surface area contributed by atoms with Gasteiger partial charge in [0.15, 0.2) is 0 Å². The molecule has 9 nitrogen and oxygen atoms in total. The minimum Gasteiger partial charge on any atom is -0.497 e. The zero-order valence-electron chi connectivity index (χ0n) is 27.1. The van der Waals surface area contributed by atoms with Gasteiger partial charge in [-0.15, -0.1) is 10.8 Å². The molecular weight excluding hydrogens is 600 g/mol. The molecule has 1 saturated heterocycles. The molecule has 1 aliphatic carbocycles. The Balaban J connectivity index is 1.39. The molecule has 3 aromatic carbocycles. The van der Waals surface area contributed by atoms with Crippen LogP contribution in [0, 0.1) is 0 Å². The van der Waals surface area contributed by atoms with Crippen LogP contribution in [0.2, 0.25) is 0 Å². The molecule has 3 aromatic rings. The maximum atomic E-state index is 13.9. The average Bonchev–Trinajstić information content (AvgIpc) is 3.07. The highest BCUT2D eigenvalue weighted by Gasteiger charge is 2.35. The van der Waals surface area contributed by atoms with Crippen LogP contribution in [0.5, 0.6) is 5.75 Å². The lowest BCUT2D eigenvalue weighted by Crippen LogP contribution is -2.53. The molecule has 2 aliphatic rings. The smallest absolute Gasteiger partial charge is 0.251 e. The average molecular weight is 651 g/mol. The zero-order valence-corrected chi connectivity index (χ0v) is 27.9. The number of aliphatic hydroxyl groups excluding tert-OH is 1. The normalized spacial score (nSPS) is 19.5. The monoisotopic (exact) mass is 650 g/mol. The van der Waals surface area contributed by atoms with Crippen LogP contribution in [-0.2, 0) is 12.0 Å². The molecule has 1 aliphatic heterocycles. The molecule has 5 rings (SSSR count). The number of carbonyl (C=O) groups excluding carboxylic acids is 1. The van der Waals surface area contributed by atoms with Gasteiger partial charge in [0.2, 0.25) is 0 Å². The van der Waals surface area contributed by atoms with E-state index in [1.165, 1.54) is 6.42 Å². The van der Waals surface area contributed by atoms with E-state index in [0.29, 0.717) is 43.1 Å². The van der Waals surface area contributed by atoms with Crippen molar-refractivity contribution in [1.29, 1.82) is 0 Å². The lowest BCUT2D eigenvalue weighted by atomic mass is 9.76. The van der Waals surface area contributed by atoms with Crippen molar-refractivity contribution in [2.45, 2.75) is 76.0 Å². The van der Waals surface area contributed by atoms with E-state index in [9.17, 15) is 19.0 Å². The van der Waals surface area contributed by atoms with E-state index in [0.717, 1.165) is 61.1 Å². The maximum Gasteiger partial charge on any atom is 0.251 e. The molecular formula is C36H50N4O5S. The van der Waals surface area contributed by atoms with Crippen molar-refractivity contribution >= 4 is 28.1 Å². The van der Waals surface area contributed by atoms with Crippen LogP contribution >= 0.6 is 10.8 Å². The molecule has 1 saturated carbocycles. The Hall–Kier alpha value is -3.28. The quantitative estimate of drug-likeness (QED) is 0.123. The third-order valence-corrected chi connectivity index (χ3v) is 11.2. The molecule has 0 unspecified atom stereocenters. The second-order valence-electron chi connectivity index (χ2n) is 12.5. The van der Waals surface area contributed by atoms with E-state index in [4.69, 9.17) is 4.74 Å². The van der Waals surface area contributed by atoms with Crippen molar-refractivity contribution < 1.29 is 23.7 Å². The summed E-state index contributed by atoms with van der Waals surface area (Å²) >= 11 is 0. The number of hydrogen-bond donors (Lipinski definition) is 6. The van der Waals surface area contributed by atoms with Gasteiger partial charge in [-0.2, -0.15) is 0 Å². The SMILES string of the molecule is CCNc1cc(C(=O)N[C@@H](Cc2ccccc2)[C@@H](O)CNC2(c3cccc(OC)c3)CCCCC2)cc(N2CCCCS2(O)O)c1. The van der Waals surface area contributed by atoms with E-state index in [1.54, 1.807) is 23.5 Å². The van der Waals surface area contributed by atoms with Crippen LogP contribution in [0.4, 0.5) is 11.4 Å². The summed E-state index contributed by atoms with van der Waals surface area (Å²) in [5, 5.41) is 21.9. The Morgan fingerprint density at radius 3 is 2.48 bits per heavy atom. The van der Waals surface area contributed by atoms with Gasteiger partial charge in [-0.1, -0.05) is 61.7 Å². The first-order chi connectivity index (χ1) is 22.2. The number of rotatable bonds is 13. The second kappa shape index (κ2) is 15.5. The molecule has 2 atom stereocenters. The summed E-state index contributed by atoms with van der Waals surface area (Å²) < 4.78 is 28.8. The topological polar surface area (TPSA) is 126 Å². The Labute approximate surface area is 275 Å². The van der Waals surface area contributed by atoms with Gasteiger partial charge in [-0.05, 0) is 80.5 Å². The van der Waals surface area contributed by atoms with Crippen LogP contribution in [0.3, 0.4) is 0 Å². The van der Waals surface area contributed by atoms with Gasteiger partial charge in [0.25, 0.3) is 5.91 Å². The minimum absolute atomic E-state index is 0.290. The van der Waals surface area contributed by atoms with E-state index < -0.39 is 22.9 Å². The first-order valence-corrected chi connectivity index (χ1v) is 18.3. The number of nitrogens with one attached hydrogen (secondary N) is 3. The summed E-state index contributed by atoms with van der Waals surface area (Å²) in [6.45, 7) is 3.43. The first kappa shape index (κ1) is 34.1. The molecule has 2 fully saturated rings. The highest BCUT2D eigenvalue weighted by molar-refractivity contribution is 8.25. The Morgan fingerprint density at radius 1 is 0.978 bits per heavy atom. The van der Waals surface area contributed by atoms with Gasteiger partial charge in [0, 0.05) is 36.4 Å². The number of carbonyl (C=O) groups is 1. The molecule has 10 heteroatoms. The van der Waals surface area contributed by atoms with Gasteiger partial charge < -0.3 is 25.8 Å². The summed E-state index contributed by atoms with van der Waals surface area (Å²) in [6.07, 6.45) is 6.46. The Bertz CT molecular complexity index is 1430. The van der Waals surface area contributed by atoms with Gasteiger partial charge in [-0.25, -0.2) is 0 Å². The molecule has 0 spiro atoms. The van der Waals surface area contributed by atoms with E-state index in [1.807, 2.05) is 55.5 Å². The molecule has 46 heavy (non-hydrogen) atoms. The summed E-state index contributed by atoms with van der Waals surface area (Å²) in [7, 11) is -1.29. The van der Waals surface area contributed by atoms with Crippen molar-refractivity contribution in [3.8, 4) is 5.75 Å². The minimum atomic E-state index is -2.96. The molecule has 6 N–H and O–H groups in total. The highest BCUT2D eigenvalue weighted by atomic mass is 32.3. The number of aliphatic hydroxyl groups is 1. The summed E-state index contributed by atoms with van der Waals surface area (Å²) in [4.78, 5) is 13.9. The number of anilines is 2. The van der Waals surface area contributed by atoms with Crippen LogP contribution in [-0.4, -0.2) is 64.8 Å². The summed E-state index contributed by atoms with van der Waals surface area (Å²) in [5.74, 6) is 0.800. The molecule has 250 valence electrons. The van der Waals surface area contributed by atoms with Gasteiger partial charge in [0.1, 0.15) is 5.75 Å². The summed E-state index contributed by atoms with van der Waals surface area (Å²) in [6, 6.07) is 22.8. The molecule has 1 amide bonds. The lowest BCUT2D eigenvalue weighted by Gasteiger charge is -2.47. The predicted molar refractivity (Wildman–Crippen MR) is 188 cm³/mol. The first-order valence-electron chi connectivity index (χ1n) is 16.6. The fourth-order valence-corrected chi connectivity index (χ4v) is 8.46. The number of amides is 1. The largest absolute Gasteiger partial charge is 0.497 e. The van der Waals surface area contributed by atoms with Crippen molar-refractivity contribution in [3.05, 3.63) is 89.5 Å². The van der Waals surface area contributed by atoms with Gasteiger partial charge in [0.05, 0.1) is 30.7 Å². The molecule has 0 aromatic heterocycles. The third kappa shape index (κ3) is 8.35. The number of benzene rings is 3. The maximum absolute atomic E-state index is 13.9. The second-order valence-corrected chi connectivity index (χ2v) is 14.7. The van der Waals surface area contributed by atoms with Gasteiger partial charge in [-0.3, -0.25) is 18.2 Å². The summed E-state index contributed by atoms with van der Waals surface area (Å²) in [5.41, 5.74) is 3.60. The highest BCUT2D eigenvalue weighted by Crippen LogP contribution is 2.50. The Kier molecular flexibility index (Phi) is 11.5. The van der Waals surface area contributed by atoms with Crippen molar-refractivity contribution in [3.63, 3.8) is 0 Å². The van der Waals surface area contributed by atoms with Crippen LogP contribution < -0.4 is 25.0 Å². The van der Waals surface area contributed by atoms with E-state index in [-0.39, 0.29) is 11.4 Å². The van der Waals surface area contributed by atoms with Crippen LogP contribution in [0.1, 0.15) is 73.4 Å². The molecule has 0 bridgehead atoms. The Morgan fingerprint density at radius 2 is 1.76 bits per heavy atom. The lowest BCUT2D eigenvalue weighted by molar-refractivity contribution is 0.0789. The molecule has 0 radical (unpaired) electrons. The number of nitrogens with zero attached hydrogens (tertiary/aromatic N) is 1. The van der Waals surface area contributed by atoms with Crippen molar-refractivity contribution in [2.24, 2.45) is 0 Å². The fraction of sp³-hybridized carbons (Fsp3) is 0.472. The van der Waals surface area contributed by atoms with Gasteiger partial charge >= 0.3 is 0 Å². The standard InChI is InChI=1S/C36H50N4O5S/c1-3-37-30-22-28(23-31(25-30)40-19-10-11-20-46(40,43)44)35(42)39-33(21-27-13-6-4-7-14-27)34(41)26-38-36(17-8-5-9-18-36)29-15-12-16-32(24-29)45-2/h4,6-7,12-16,22-25,33-34,37-38,41,43-44H,3,5,8-11,17-21,26H2,1-2H3,(H,39,42)/t33-,34-/m0/s1. The van der Waals surface area contributed by atoms with Crippen LogP contribution in [0.15, 0.2) is 72.8 Å². The van der Waals surface area contributed by atoms with E-state index in [2.05, 4.69) is 28.1 Å². The molecule has 1 heterocycles. The number of methoxy groups -OCH3 is 1. The van der Waals surface area contributed by atoms with E-state index >= 15 is 0 Å². The number of ether oxygens (including phenoxy) is 1. The van der Waals surface area contributed by atoms with Crippen LogP contribution in [0.25, 0.3) is 0 Å². The fourth-order valence-electron chi connectivity index (χ4n) is 6.79. The van der Waals surface area contributed by atoms with Crippen molar-refractivity contribution in [1.82, 2.24) is 10.6 Å². The van der Waals surface area contributed by atoms with Crippen molar-refractivity contribution in [2.75, 3.05) is 42.1 Å².